The van der Waals surface area contributed by atoms with Gasteiger partial charge in [-0.2, -0.15) is 5.10 Å². The second-order valence-electron chi connectivity index (χ2n) is 4.22. The highest BCUT2D eigenvalue weighted by molar-refractivity contribution is 5.85. The van der Waals surface area contributed by atoms with Crippen LogP contribution in [0, 0.1) is 5.41 Å². The molecule has 96 valence electrons. The summed E-state index contributed by atoms with van der Waals surface area (Å²) in [6.45, 7) is 11.5. The highest BCUT2D eigenvalue weighted by Crippen LogP contribution is 2.13. The Morgan fingerprint density at radius 3 is 2.12 bits per heavy atom. The first-order valence-corrected chi connectivity index (χ1v) is 5.26. The molecule has 0 radical (unpaired) electrons. The number of rotatable bonds is 6. The van der Waals surface area contributed by atoms with Gasteiger partial charge in [0.2, 0.25) is 5.96 Å². The molecule has 0 aliphatic rings. The zero-order valence-electron chi connectivity index (χ0n) is 10.6. The zero-order chi connectivity index (χ0) is 11.9. The van der Waals surface area contributed by atoms with Crippen LogP contribution in [0.3, 0.4) is 0 Å². The SMILES string of the molecule is CCN(CC)CC(C)(C)/C=N/N=C(N)N.Cl. The van der Waals surface area contributed by atoms with Gasteiger partial charge in [0.25, 0.3) is 0 Å². The monoisotopic (exact) mass is 249 g/mol. The summed E-state index contributed by atoms with van der Waals surface area (Å²) in [6.07, 6.45) is 1.78. The predicted octanol–water partition coefficient (Wildman–Crippen LogP) is 1.04. The van der Waals surface area contributed by atoms with E-state index in [4.69, 9.17) is 11.5 Å². The van der Waals surface area contributed by atoms with Crippen LogP contribution in [-0.2, 0) is 0 Å². The van der Waals surface area contributed by atoms with E-state index in [-0.39, 0.29) is 23.8 Å². The summed E-state index contributed by atoms with van der Waals surface area (Å²) in [5.74, 6) is -0.00936. The maximum atomic E-state index is 5.18. The third kappa shape index (κ3) is 8.49. The van der Waals surface area contributed by atoms with Gasteiger partial charge in [-0.05, 0) is 13.1 Å². The smallest absolute Gasteiger partial charge is 0.211 e. The molecule has 5 nitrogen and oxygen atoms in total. The molecule has 16 heavy (non-hydrogen) atoms. The second kappa shape index (κ2) is 8.35. The van der Waals surface area contributed by atoms with Gasteiger partial charge in [0, 0.05) is 18.2 Å². The number of hydrogen-bond donors (Lipinski definition) is 2. The van der Waals surface area contributed by atoms with E-state index < -0.39 is 0 Å². The Hall–Kier alpha value is -0.810. The topological polar surface area (TPSA) is 80.0 Å². The van der Waals surface area contributed by atoms with Crippen molar-refractivity contribution in [2.24, 2.45) is 27.1 Å². The quantitative estimate of drug-likeness (QED) is 0.419. The minimum Gasteiger partial charge on any atom is -0.369 e. The maximum absolute atomic E-state index is 5.18. The maximum Gasteiger partial charge on any atom is 0.211 e. The zero-order valence-corrected chi connectivity index (χ0v) is 11.4. The summed E-state index contributed by atoms with van der Waals surface area (Å²) >= 11 is 0. The normalized spacial score (nSPS) is 11.6. The van der Waals surface area contributed by atoms with Crippen LogP contribution in [0.25, 0.3) is 0 Å². The third-order valence-electron chi connectivity index (χ3n) is 2.11. The fourth-order valence-corrected chi connectivity index (χ4v) is 1.32. The van der Waals surface area contributed by atoms with Crippen LogP contribution in [0.2, 0.25) is 0 Å². The first kappa shape index (κ1) is 17.6. The summed E-state index contributed by atoms with van der Waals surface area (Å²) < 4.78 is 0. The molecule has 6 heteroatoms. The lowest BCUT2D eigenvalue weighted by molar-refractivity contribution is 0.243. The van der Waals surface area contributed by atoms with E-state index in [2.05, 4.69) is 42.8 Å². The van der Waals surface area contributed by atoms with E-state index in [9.17, 15) is 0 Å². The largest absolute Gasteiger partial charge is 0.369 e. The molecule has 0 aliphatic heterocycles. The first-order valence-electron chi connectivity index (χ1n) is 5.26. The van der Waals surface area contributed by atoms with Crippen molar-refractivity contribution in [2.45, 2.75) is 27.7 Å². The predicted molar refractivity (Wildman–Crippen MR) is 73.1 cm³/mol. The molecule has 0 aromatic carbocycles. The van der Waals surface area contributed by atoms with Gasteiger partial charge in [-0.25, -0.2) is 0 Å². The summed E-state index contributed by atoms with van der Waals surface area (Å²) in [4.78, 5) is 2.33. The second-order valence-corrected chi connectivity index (χ2v) is 4.22. The lowest BCUT2D eigenvalue weighted by atomic mass is 9.94. The van der Waals surface area contributed by atoms with Crippen LogP contribution in [0.15, 0.2) is 10.2 Å². The summed E-state index contributed by atoms with van der Waals surface area (Å²) in [5, 5.41) is 7.44. The van der Waals surface area contributed by atoms with Gasteiger partial charge in [0.15, 0.2) is 0 Å². The number of halogens is 1. The van der Waals surface area contributed by atoms with Crippen molar-refractivity contribution in [3.05, 3.63) is 0 Å². The Bertz CT molecular complexity index is 229. The molecule has 0 rings (SSSR count). The van der Waals surface area contributed by atoms with Crippen LogP contribution < -0.4 is 11.5 Å². The van der Waals surface area contributed by atoms with Gasteiger partial charge in [-0.3, -0.25) is 0 Å². The van der Waals surface area contributed by atoms with E-state index in [0.29, 0.717) is 0 Å². The van der Waals surface area contributed by atoms with Crippen molar-refractivity contribution < 1.29 is 0 Å². The summed E-state index contributed by atoms with van der Waals surface area (Å²) in [7, 11) is 0. The third-order valence-corrected chi connectivity index (χ3v) is 2.11. The van der Waals surface area contributed by atoms with Crippen molar-refractivity contribution in [1.82, 2.24) is 4.90 Å². The fourth-order valence-electron chi connectivity index (χ4n) is 1.32. The number of nitrogens with zero attached hydrogens (tertiary/aromatic N) is 3. The Balaban J connectivity index is 0. The van der Waals surface area contributed by atoms with Gasteiger partial charge >= 0.3 is 0 Å². The molecule has 0 saturated heterocycles. The van der Waals surface area contributed by atoms with E-state index in [1.165, 1.54) is 0 Å². The summed E-state index contributed by atoms with van der Waals surface area (Å²) in [6, 6.07) is 0. The first-order chi connectivity index (χ1) is 6.91. The van der Waals surface area contributed by atoms with Crippen LogP contribution in [0.5, 0.6) is 0 Å². The van der Waals surface area contributed by atoms with Gasteiger partial charge in [0.1, 0.15) is 0 Å². The molecule has 0 unspecified atom stereocenters. The molecule has 0 amide bonds. The van der Waals surface area contributed by atoms with E-state index in [0.717, 1.165) is 19.6 Å². The van der Waals surface area contributed by atoms with Crippen molar-refractivity contribution >= 4 is 24.6 Å². The molecule has 0 fully saturated rings. The summed E-state index contributed by atoms with van der Waals surface area (Å²) in [5.41, 5.74) is 10.3. The standard InChI is InChI=1S/C10H23N5.ClH/c1-5-15(6-2)8-10(3,4)7-13-14-9(11)12;/h7H,5-6,8H2,1-4H3,(H4,11,12,14);1H/b13-7+;. The molecule has 4 N–H and O–H groups in total. The lowest BCUT2D eigenvalue weighted by Gasteiger charge is -2.27. The van der Waals surface area contributed by atoms with Crippen LogP contribution >= 0.6 is 12.4 Å². The highest BCUT2D eigenvalue weighted by atomic mass is 35.5. The number of guanidine groups is 1. The molecule has 0 aliphatic carbocycles. The fraction of sp³-hybridized carbons (Fsp3) is 0.800. The molecule has 0 aromatic heterocycles. The lowest BCUT2D eigenvalue weighted by Crippen LogP contribution is -2.35. The number of hydrogen-bond acceptors (Lipinski definition) is 3. The van der Waals surface area contributed by atoms with Gasteiger partial charge in [0.05, 0.1) is 0 Å². The number of nitrogens with two attached hydrogens (primary N) is 2. The minimum absolute atomic E-state index is 0. The molecule has 0 heterocycles. The Labute approximate surface area is 104 Å². The van der Waals surface area contributed by atoms with Crippen LogP contribution in [-0.4, -0.2) is 36.7 Å². The van der Waals surface area contributed by atoms with Gasteiger partial charge < -0.3 is 16.4 Å². The van der Waals surface area contributed by atoms with Crippen molar-refractivity contribution in [2.75, 3.05) is 19.6 Å². The Morgan fingerprint density at radius 2 is 1.75 bits per heavy atom. The Morgan fingerprint density at radius 1 is 1.25 bits per heavy atom. The van der Waals surface area contributed by atoms with E-state index >= 15 is 0 Å². The van der Waals surface area contributed by atoms with Crippen molar-refractivity contribution in [3.8, 4) is 0 Å². The van der Waals surface area contributed by atoms with Gasteiger partial charge in [-0.15, -0.1) is 17.5 Å². The van der Waals surface area contributed by atoms with Crippen molar-refractivity contribution in [3.63, 3.8) is 0 Å². The molecule has 0 aromatic rings. The average Bonchev–Trinajstić information content (AvgIpc) is 2.13. The Kier molecular flexibility index (Phi) is 9.18. The molecule has 0 atom stereocenters. The van der Waals surface area contributed by atoms with E-state index in [1.807, 2.05) is 0 Å². The molecule has 0 saturated carbocycles. The highest BCUT2D eigenvalue weighted by Gasteiger charge is 2.17. The minimum atomic E-state index is -0.0228. The molecule has 0 bridgehead atoms. The average molecular weight is 250 g/mol. The molecular formula is C10H24ClN5. The van der Waals surface area contributed by atoms with Crippen LogP contribution in [0.1, 0.15) is 27.7 Å². The molecular weight excluding hydrogens is 226 g/mol. The van der Waals surface area contributed by atoms with E-state index in [1.54, 1.807) is 6.21 Å². The molecule has 0 spiro atoms. The van der Waals surface area contributed by atoms with Gasteiger partial charge in [-0.1, -0.05) is 27.7 Å². The van der Waals surface area contributed by atoms with Crippen LogP contribution in [0.4, 0.5) is 0 Å². The van der Waals surface area contributed by atoms with Crippen molar-refractivity contribution in [1.29, 1.82) is 0 Å².